The Morgan fingerprint density at radius 1 is 0.945 bits per heavy atom. The number of benzene rings is 2. The summed E-state index contributed by atoms with van der Waals surface area (Å²) < 4.78 is 19.6. The van der Waals surface area contributed by atoms with Gasteiger partial charge in [0.25, 0.3) is 0 Å². The Hall–Kier alpha value is -3.48. The second-order valence-corrected chi connectivity index (χ2v) is 17.2. The van der Waals surface area contributed by atoms with Crippen LogP contribution in [0.15, 0.2) is 59.5 Å². The van der Waals surface area contributed by atoms with Crippen LogP contribution in [0.5, 0.6) is 0 Å². The molecule has 1 fully saturated rings. The summed E-state index contributed by atoms with van der Waals surface area (Å²) >= 11 is 1.49. The zero-order valence-corrected chi connectivity index (χ0v) is 35.5. The quantitative estimate of drug-likeness (QED) is 0.112. The summed E-state index contributed by atoms with van der Waals surface area (Å²) in [6.07, 6.45) is 3.33. The van der Waals surface area contributed by atoms with E-state index in [1.165, 1.54) is 23.9 Å². The van der Waals surface area contributed by atoms with E-state index >= 15 is 0 Å². The number of thioether (sulfide) groups is 1. The fourth-order valence-corrected chi connectivity index (χ4v) is 8.85. The van der Waals surface area contributed by atoms with Crippen LogP contribution in [0.1, 0.15) is 85.6 Å². The monoisotopic (exact) mass is 783 g/mol. The predicted molar refractivity (Wildman–Crippen MR) is 219 cm³/mol. The fraction of sp³-hybridized carbons (Fsp3) is 0.628. The molecule has 1 saturated heterocycles. The first-order chi connectivity index (χ1) is 26.1. The lowest BCUT2D eigenvalue weighted by Gasteiger charge is -2.40. The van der Waals surface area contributed by atoms with Crippen LogP contribution in [0.3, 0.4) is 0 Å². The van der Waals surface area contributed by atoms with Gasteiger partial charge >= 0.3 is 0 Å². The van der Waals surface area contributed by atoms with Crippen molar-refractivity contribution in [2.75, 3.05) is 34.8 Å². The molecule has 7 atom stereocenters. The van der Waals surface area contributed by atoms with E-state index in [4.69, 9.17) is 4.74 Å². The minimum atomic E-state index is -0.742. The molecule has 1 heterocycles. The summed E-state index contributed by atoms with van der Waals surface area (Å²) in [4.78, 5) is 61.3. The van der Waals surface area contributed by atoms with E-state index in [0.717, 1.165) is 29.7 Å². The summed E-state index contributed by atoms with van der Waals surface area (Å²) in [7, 11) is 7.06. The molecule has 2 aromatic carbocycles. The largest absolute Gasteiger partial charge is 0.379 e. The molecule has 0 aliphatic carbocycles. The zero-order valence-electron chi connectivity index (χ0n) is 34.7. The SMILES string of the molecule is CCC(C)C(C(CC(=O)N1CCCC1CCC(=O)NC(Cc1ccccc1)Sc1ccc(F)cc1)OC)N(C)C(=O)C(NC(=O)C(C(C)C)N(C)C)C(C)C. The molecule has 4 amide bonds. The first kappa shape index (κ1) is 45.9. The number of hydrogen-bond donors (Lipinski definition) is 2. The second kappa shape index (κ2) is 22.3. The molecule has 55 heavy (non-hydrogen) atoms. The molecule has 1 aliphatic rings. The predicted octanol–water partition coefficient (Wildman–Crippen LogP) is 6.38. The van der Waals surface area contributed by atoms with Crippen molar-refractivity contribution in [1.82, 2.24) is 25.3 Å². The number of likely N-dealkylation sites (N-methyl/N-ethyl adjacent to an activating group) is 2. The van der Waals surface area contributed by atoms with Gasteiger partial charge in [0.2, 0.25) is 23.6 Å². The first-order valence-electron chi connectivity index (χ1n) is 19.9. The summed E-state index contributed by atoms with van der Waals surface area (Å²) in [6, 6.07) is 14.6. The molecule has 0 bridgehead atoms. The van der Waals surface area contributed by atoms with Gasteiger partial charge in [-0.25, -0.2) is 4.39 Å². The Bertz CT molecular complexity index is 1500. The van der Waals surface area contributed by atoms with Crippen LogP contribution in [-0.2, 0) is 30.3 Å². The number of nitrogens with one attached hydrogen (secondary N) is 2. The molecule has 3 rings (SSSR count). The molecule has 7 unspecified atom stereocenters. The maximum absolute atomic E-state index is 14.2. The van der Waals surface area contributed by atoms with Crippen molar-refractivity contribution in [3.63, 3.8) is 0 Å². The van der Waals surface area contributed by atoms with E-state index in [2.05, 4.69) is 24.5 Å². The third kappa shape index (κ3) is 13.6. The summed E-state index contributed by atoms with van der Waals surface area (Å²) in [5, 5.41) is 5.97. The fourth-order valence-electron chi connectivity index (χ4n) is 7.77. The van der Waals surface area contributed by atoms with Gasteiger partial charge in [-0.1, -0.05) is 78.3 Å². The number of methoxy groups -OCH3 is 1. The van der Waals surface area contributed by atoms with Crippen molar-refractivity contribution in [2.45, 2.75) is 127 Å². The maximum Gasteiger partial charge on any atom is 0.245 e. The van der Waals surface area contributed by atoms with Crippen LogP contribution in [0.25, 0.3) is 0 Å². The standard InChI is InChI=1S/C43H66FN5O5S/c1-11-30(6)41(48(9)43(53)39(28(2)3)46-42(52)40(29(4)5)47(7)8)35(54-10)27-38(51)49-25-15-18-33(49)21-24-36(50)45-37(26-31-16-13-12-14-17-31)55-34-22-19-32(44)20-23-34/h12-14,16-17,19-20,22-23,28-30,33,35,37,39-41H,11,15,18,21,24-27H2,1-10H3,(H,45,50)(H,46,52). The highest BCUT2D eigenvalue weighted by Crippen LogP contribution is 2.28. The summed E-state index contributed by atoms with van der Waals surface area (Å²) in [6.45, 7) is 12.5. The highest BCUT2D eigenvalue weighted by Gasteiger charge is 2.40. The zero-order chi connectivity index (χ0) is 40.8. The van der Waals surface area contributed by atoms with Crippen LogP contribution in [0, 0.1) is 23.6 Å². The smallest absolute Gasteiger partial charge is 0.245 e. The number of rotatable bonds is 21. The lowest BCUT2D eigenvalue weighted by Crippen LogP contribution is -2.59. The first-order valence-corrected chi connectivity index (χ1v) is 20.8. The Morgan fingerprint density at radius 3 is 2.16 bits per heavy atom. The van der Waals surface area contributed by atoms with Crippen molar-refractivity contribution in [3.8, 4) is 0 Å². The molecule has 0 saturated carbocycles. The molecular weight excluding hydrogens is 718 g/mol. The molecule has 0 aromatic heterocycles. The highest BCUT2D eigenvalue weighted by atomic mass is 32.2. The molecule has 1 aliphatic heterocycles. The van der Waals surface area contributed by atoms with Gasteiger partial charge in [0.1, 0.15) is 11.9 Å². The van der Waals surface area contributed by atoms with Crippen molar-refractivity contribution >= 4 is 35.4 Å². The van der Waals surface area contributed by atoms with Gasteiger partial charge in [-0.15, -0.1) is 11.8 Å². The highest BCUT2D eigenvalue weighted by molar-refractivity contribution is 8.00. The van der Waals surface area contributed by atoms with Crippen LogP contribution in [0.4, 0.5) is 4.39 Å². The number of likely N-dealkylation sites (tertiary alicyclic amines) is 1. The number of nitrogens with zero attached hydrogens (tertiary/aromatic N) is 3. The van der Waals surface area contributed by atoms with Crippen LogP contribution in [-0.4, -0.2) is 109 Å². The van der Waals surface area contributed by atoms with Crippen LogP contribution < -0.4 is 10.6 Å². The van der Waals surface area contributed by atoms with Gasteiger partial charge in [0, 0.05) is 44.5 Å². The Kier molecular flexibility index (Phi) is 18.6. The average Bonchev–Trinajstić information content (AvgIpc) is 3.62. The van der Waals surface area contributed by atoms with E-state index < -0.39 is 18.2 Å². The minimum Gasteiger partial charge on any atom is -0.379 e. The van der Waals surface area contributed by atoms with Crippen molar-refractivity contribution in [3.05, 3.63) is 66.0 Å². The van der Waals surface area contributed by atoms with Crippen molar-refractivity contribution in [1.29, 1.82) is 0 Å². The Balaban J connectivity index is 1.69. The number of halogens is 1. The van der Waals surface area contributed by atoms with E-state index in [9.17, 15) is 23.6 Å². The van der Waals surface area contributed by atoms with Gasteiger partial charge in [-0.3, -0.25) is 24.1 Å². The molecule has 0 radical (unpaired) electrons. The number of ether oxygens (including phenoxy) is 1. The van der Waals surface area contributed by atoms with E-state index in [1.54, 1.807) is 31.2 Å². The van der Waals surface area contributed by atoms with Gasteiger partial charge in [-0.05, 0) is 80.9 Å². The number of carbonyl (C=O) groups is 4. The topological polar surface area (TPSA) is 111 Å². The van der Waals surface area contributed by atoms with Gasteiger partial charge in [0.15, 0.2) is 0 Å². The number of carbonyl (C=O) groups excluding carboxylic acids is 4. The minimum absolute atomic E-state index is 0.00934. The Morgan fingerprint density at radius 2 is 1.60 bits per heavy atom. The van der Waals surface area contributed by atoms with Crippen LogP contribution in [0.2, 0.25) is 0 Å². The van der Waals surface area contributed by atoms with Gasteiger partial charge in [0.05, 0.1) is 30.0 Å². The van der Waals surface area contributed by atoms with Crippen molar-refractivity contribution < 1.29 is 28.3 Å². The summed E-state index contributed by atoms with van der Waals surface area (Å²) in [5.74, 6) is -0.960. The lowest BCUT2D eigenvalue weighted by molar-refractivity contribution is -0.146. The molecule has 10 nitrogen and oxygen atoms in total. The molecule has 2 N–H and O–H groups in total. The molecule has 12 heteroatoms. The summed E-state index contributed by atoms with van der Waals surface area (Å²) in [5.41, 5.74) is 1.08. The van der Waals surface area contributed by atoms with E-state index in [-0.39, 0.29) is 77.5 Å². The third-order valence-electron chi connectivity index (χ3n) is 10.8. The number of amides is 4. The molecular formula is C43H66FN5O5S. The number of hydrogen-bond acceptors (Lipinski definition) is 7. The van der Waals surface area contributed by atoms with E-state index in [0.29, 0.717) is 19.4 Å². The molecule has 2 aromatic rings. The third-order valence-corrected chi connectivity index (χ3v) is 12.0. The molecule has 306 valence electrons. The second-order valence-electron chi connectivity index (χ2n) is 15.9. The van der Waals surface area contributed by atoms with Crippen molar-refractivity contribution in [2.24, 2.45) is 17.8 Å². The Labute approximate surface area is 333 Å². The maximum atomic E-state index is 14.2. The normalized spacial score (nSPS) is 17.8. The van der Waals surface area contributed by atoms with Gasteiger partial charge < -0.3 is 25.2 Å². The average molecular weight is 784 g/mol. The van der Waals surface area contributed by atoms with Gasteiger partial charge in [-0.2, -0.15) is 0 Å². The lowest BCUT2D eigenvalue weighted by atomic mass is 9.89. The van der Waals surface area contributed by atoms with Crippen LogP contribution >= 0.6 is 11.8 Å². The molecule has 0 spiro atoms. The van der Waals surface area contributed by atoms with E-state index in [1.807, 2.05) is 81.9 Å².